The third-order valence-electron chi connectivity index (χ3n) is 3.72. The molecule has 0 aromatic heterocycles. The largest absolute Gasteiger partial charge is 0.393 e. The van der Waals surface area contributed by atoms with E-state index in [1.54, 1.807) is 0 Å². The molecular formula is C15H34N2O6. The maximum Gasteiger partial charge on any atom is 0.0589 e. The lowest BCUT2D eigenvalue weighted by molar-refractivity contribution is -0.00125. The highest BCUT2D eigenvalue weighted by Gasteiger charge is 2.21. The molecule has 8 heteroatoms. The summed E-state index contributed by atoms with van der Waals surface area (Å²) in [5.41, 5.74) is 10.6. The van der Waals surface area contributed by atoms with E-state index in [1.807, 2.05) is 0 Å². The molecule has 0 aliphatic rings. The minimum absolute atomic E-state index is 0.00802. The molecule has 0 spiro atoms. The molecule has 0 aromatic carbocycles. The third-order valence-corrected chi connectivity index (χ3v) is 3.72. The highest BCUT2D eigenvalue weighted by molar-refractivity contribution is 4.74. The molecule has 0 radical (unpaired) electrons. The Morgan fingerprint density at radius 3 is 0.870 bits per heavy atom. The van der Waals surface area contributed by atoms with Gasteiger partial charge in [-0.25, -0.2) is 0 Å². The molecule has 10 N–H and O–H groups in total. The van der Waals surface area contributed by atoms with Crippen molar-refractivity contribution in [3.05, 3.63) is 0 Å². The maximum atomic E-state index is 9.84. The fourth-order valence-corrected chi connectivity index (χ4v) is 2.58. The average Bonchev–Trinajstić information content (AvgIpc) is 2.37. The fraction of sp³-hybridized carbons (Fsp3) is 1.00. The number of aliphatic hydroxyl groups excluding tert-OH is 6. The van der Waals surface area contributed by atoms with Crippen LogP contribution < -0.4 is 11.5 Å². The molecule has 140 valence electrons. The summed E-state index contributed by atoms with van der Waals surface area (Å²) in [4.78, 5) is 0. The van der Waals surface area contributed by atoms with Gasteiger partial charge in [-0.1, -0.05) is 0 Å². The highest BCUT2D eigenvalue weighted by atomic mass is 16.3. The van der Waals surface area contributed by atoms with E-state index in [-0.39, 0.29) is 32.1 Å². The molecule has 0 amide bonds. The molecule has 0 aliphatic carbocycles. The second-order valence-electron chi connectivity index (χ2n) is 6.26. The van der Waals surface area contributed by atoms with Crippen molar-refractivity contribution in [2.45, 2.75) is 81.6 Å². The van der Waals surface area contributed by atoms with Gasteiger partial charge in [0, 0.05) is 0 Å². The van der Waals surface area contributed by atoms with Crippen LogP contribution in [0.5, 0.6) is 0 Å². The summed E-state index contributed by atoms with van der Waals surface area (Å²) in [6, 6.07) is 0. The Morgan fingerprint density at radius 1 is 0.435 bits per heavy atom. The Labute approximate surface area is 137 Å². The molecular weight excluding hydrogens is 304 g/mol. The Hall–Kier alpha value is -0.320. The second kappa shape index (κ2) is 13.0. The number of aliphatic hydroxyl groups is 6. The average molecular weight is 338 g/mol. The molecule has 8 nitrogen and oxygen atoms in total. The van der Waals surface area contributed by atoms with E-state index in [0.29, 0.717) is 25.9 Å². The molecule has 0 saturated carbocycles. The van der Waals surface area contributed by atoms with Gasteiger partial charge in [0.15, 0.2) is 0 Å². The van der Waals surface area contributed by atoms with Crippen LogP contribution in [0, 0.1) is 0 Å². The van der Waals surface area contributed by atoms with Gasteiger partial charge in [0.1, 0.15) is 0 Å². The van der Waals surface area contributed by atoms with Crippen molar-refractivity contribution < 1.29 is 30.6 Å². The van der Waals surface area contributed by atoms with E-state index < -0.39 is 36.6 Å². The molecule has 23 heavy (non-hydrogen) atoms. The fourth-order valence-electron chi connectivity index (χ4n) is 2.58. The molecule has 0 fully saturated rings. The molecule has 0 heterocycles. The predicted octanol–water partition coefficient (Wildman–Crippen LogP) is -2.20. The van der Waals surface area contributed by atoms with Gasteiger partial charge in [-0.2, -0.15) is 0 Å². The van der Waals surface area contributed by atoms with Gasteiger partial charge in [0.25, 0.3) is 0 Å². The standard InChI is InChI=1S/C15H34N2O6/c16-3-1-10(18)5-12(20)7-14(22)9-15(23)8-13(21)6-11(19)2-4-17/h10-15,18-23H,1-9,16-17H2/t10-,11-,12-,13+,14-,15-/m0/s1. The van der Waals surface area contributed by atoms with Crippen molar-refractivity contribution in [3.63, 3.8) is 0 Å². The zero-order valence-corrected chi connectivity index (χ0v) is 13.7. The van der Waals surface area contributed by atoms with Gasteiger partial charge in [0.2, 0.25) is 0 Å². The molecule has 0 aromatic rings. The lowest BCUT2D eigenvalue weighted by Crippen LogP contribution is -2.29. The van der Waals surface area contributed by atoms with Gasteiger partial charge in [-0.3, -0.25) is 0 Å². The van der Waals surface area contributed by atoms with Crippen molar-refractivity contribution in [1.29, 1.82) is 0 Å². The molecule has 6 atom stereocenters. The van der Waals surface area contributed by atoms with Crippen LogP contribution in [0.25, 0.3) is 0 Å². The first-order chi connectivity index (χ1) is 10.8. The second-order valence-corrected chi connectivity index (χ2v) is 6.26. The highest BCUT2D eigenvalue weighted by Crippen LogP contribution is 2.15. The summed E-state index contributed by atoms with van der Waals surface area (Å²) >= 11 is 0. The zero-order chi connectivity index (χ0) is 17.8. The SMILES string of the molecule is NCC[C@H](O)C[C@H](O)C[C@H](O)C[C@@H](O)C[C@H](O)C[C@@H](O)CCN. The summed E-state index contributed by atoms with van der Waals surface area (Å²) in [6.07, 6.45) is -3.97. The van der Waals surface area contributed by atoms with E-state index in [1.165, 1.54) is 0 Å². The van der Waals surface area contributed by atoms with E-state index in [9.17, 15) is 30.6 Å². The van der Waals surface area contributed by atoms with Crippen LogP contribution in [0.3, 0.4) is 0 Å². The van der Waals surface area contributed by atoms with Crippen LogP contribution in [0.15, 0.2) is 0 Å². The van der Waals surface area contributed by atoms with Crippen LogP contribution in [0.4, 0.5) is 0 Å². The zero-order valence-electron chi connectivity index (χ0n) is 13.7. The summed E-state index contributed by atoms with van der Waals surface area (Å²) < 4.78 is 0. The van der Waals surface area contributed by atoms with Crippen molar-refractivity contribution in [2.75, 3.05) is 13.1 Å². The van der Waals surface area contributed by atoms with Crippen LogP contribution in [-0.2, 0) is 0 Å². The lowest BCUT2D eigenvalue weighted by Gasteiger charge is -2.22. The Morgan fingerprint density at radius 2 is 0.652 bits per heavy atom. The van der Waals surface area contributed by atoms with Crippen molar-refractivity contribution in [3.8, 4) is 0 Å². The molecule has 0 unspecified atom stereocenters. The molecule has 0 rings (SSSR count). The first kappa shape index (κ1) is 22.7. The first-order valence-electron chi connectivity index (χ1n) is 8.26. The minimum atomic E-state index is -0.939. The molecule has 0 bridgehead atoms. The normalized spacial score (nSPS) is 19.8. The van der Waals surface area contributed by atoms with E-state index in [0.717, 1.165) is 0 Å². The topological polar surface area (TPSA) is 173 Å². The van der Waals surface area contributed by atoms with Crippen molar-refractivity contribution in [2.24, 2.45) is 11.5 Å². The summed E-state index contributed by atoms with van der Waals surface area (Å²) in [5.74, 6) is 0. The van der Waals surface area contributed by atoms with E-state index in [4.69, 9.17) is 11.5 Å². The third kappa shape index (κ3) is 12.7. The number of hydrogen-bond acceptors (Lipinski definition) is 8. The summed E-state index contributed by atoms with van der Waals surface area (Å²) in [7, 11) is 0. The van der Waals surface area contributed by atoms with Crippen LogP contribution in [0.2, 0.25) is 0 Å². The summed E-state index contributed by atoms with van der Waals surface area (Å²) in [6.45, 7) is 0.645. The number of rotatable bonds is 14. The van der Waals surface area contributed by atoms with Crippen LogP contribution in [-0.4, -0.2) is 80.4 Å². The van der Waals surface area contributed by atoms with Crippen LogP contribution >= 0.6 is 0 Å². The Balaban J connectivity index is 3.97. The van der Waals surface area contributed by atoms with Gasteiger partial charge in [-0.15, -0.1) is 0 Å². The predicted molar refractivity (Wildman–Crippen MR) is 86.5 cm³/mol. The molecule has 0 saturated heterocycles. The Kier molecular flexibility index (Phi) is 12.8. The van der Waals surface area contributed by atoms with Crippen LogP contribution in [0.1, 0.15) is 44.9 Å². The number of hydrogen-bond donors (Lipinski definition) is 8. The Bertz CT molecular complexity index is 259. The minimum Gasteiger partial charge on any atom is -0.393 e. The number of nitrogens with two attached hydrogens (primary N) is 2. The van der Waals surface area contributed by atoms with Gasteiger partial charge < -0.3 is 42.1 Å². The first-order valence-corrected chi connectivity index (χ1v) is 8.26. The quantitative estimate of drug-likeness (QED) is 0.176. The van der Waals surface area contributed by atoms with Gasteiger partial charge >= 0.3 is 0 Å². The van der Waals surface area contributed by atoms with E-state index >= 15 is 0 Å². The summed E-state index contributed by atoms with van der Waals surface area (Å²) in [5, 5.41) is 58.2. The van der Waals surface area contributed by atoms with E-state index in [2.05, 4.69) is 0 Å². The van der Waals surface area contributed by atoms with Crippen molar-refractivity contribution >= 4 is 0 Å². The monoisotopic (exact) mass is 338 g/mol. The van der Waals surface area contributed by atoms with Gasteiger partial charge in [0.05, 0.1) is 36.6 Å². The smallest absolute Gasteiger partial charge is 0.0589 e. The van der Waals surface area contributed by atoms with Gasteiger partial charge in [-0.05, 0) is 58.0 Å². The van der Waals surface area contributed by atoms with Crippen molar-refractivity contribution in [1.82, 2.24) is 0 Å². The lowest BCUT2D eigenvalue weighted by atomic mass is 9.97. The molecule has 0 aliphatic heterocycles. The maximum absolute atomic E-state index is 9.84.